The zero-order valence-electron chi connectivity index (χ0n) is 28.8. The van der Waals surface area contributed by atoms with Gasteiger partial charge in [0.05, 0.1) is 11.2 Å². The number of thiophene rings is 1. The minimum absolute atomic E-state index is 1.10. The van der Waals surface area contributed by atoms with Gasteiger partial charge in [0.1, 0.15) is 0 Å². The molecule has 1 aliphatic rings. The first kappa shape index (κ1) is 30.0. The van der Waals surface area contributed by atoms with Gasteiger partial charge in [0, 0.05) is 53.9 Å². The summed E-state index contributed by atoms with van der Waals surface area (Å²) in [6, 6.07) is 70.7. The molecule has 0 saturated carbocycles. The molecule has 0 atom stereocenters. The van der Waals surface area contributed by atoms with Crippen molar-refractivity contribution in [3.8, 4) is 50.3 Å². The molecule has 0 unspecified atom stereocenters. The molecule has 0 radical (unpaired) electrons. The number of anilines is 3. The number of aromatic nitrogens is 1. The molecule has 2 heterocycles. The molecule has 2 aromatic heterocycles. The predicted molar refractivity (Wildman–Crippen MR) is 226 cm³/mol. The Labute approximate surface area is 312 Å². The summed E-state index contributed by atoms with van der Waals surface area (Å²) in [5.74, 6) is 0. The number of fused-ring (bicyclic) bond motifs is 2. The third-order valence-corrected chi connectivity index (χ3v) is 11.9. The molecule has 248 valence electrons. The normalized spacial score (nSPS) is 11.8. The number of benzene rings is 8. The van der Waals surface area contributed by atoms with E-state index in [1.54, 1.807) is 0 Å². The molecule has 0 aliphatic heterocycles. The number of nitrogens with zero attached hydrogens (tertiary/aromatic N) is 2. The van der Waals surface area contributed by atoms with Crippen molar-refractivity contribution in [2.45, 2.75) is 0 Å². The quantitative estimate of drug-likeness (QED) is 0.168. The standard InChI is InChI=1S/C50H32N2S/c1-4-13-33(14-5-1)34-25-27-37(28-26-34)51(36-17-8-3-9-18-36)38-29-31-39(32-30-38)52-43-22-10-19-40-41-20-11-23-44-47(41)48-42(21-12-24-45(48)53-44)49(46(40)43)50(52)35-15-6-2-7-16-35/h1-32H. The third kappa shape index (κ3) is 4.64. The van der Waals surface area contributed by atoms with Crippen LogP contribution in [0, 0.1) is 0 Å². The van der Waals surface area contributed by atoms with Crippen LogP contribution < -0.4 is 4.90 Å². The van der Waals surface area contributed by atoms with Gasteiger partial charge in [-0.05, 0) is 100 Å². The van der Waals surface area contributed by atoms with E-state index in [4.69, 9.17) is 0 Å². The van der Waals surface area contributed by atoms with Gasteiger partial charge in [0.2, 0.25) is 0 Å². The van der Waals surface area contributed by atoms with Gasteiger partial charge in [-0.2, -0.15) is 0 Å². The fourth-order valence-electron chi connectivity index (χ4n) is 8.47. The molecule has 0 spiro atoms. The van der Waals surface area contributed by atoms with E-state index in [0.717, 1.165) is 22.7 Å². The van der Waals surface area contributed by atoms with Crippen LogP contribution in [0.1, 0.15) is 0 Å². The SMILES string of the molecule is c1ccc(-c2ccc(N(c3ccccc3)c3ccc(-n4c(-c5ccccc5)c5c6c(cccc64)-c4cccc6sc7cccc-5c7c46)cc3)cc2)cc1. The lowest BCUT2D eigenvalue weighted by Crippen LogP contribution is -2.10. The first-order valence-corrected chi connectivity index (χ1v) is 18.9. The molecule has 11 rings (SSSR count). The maximum atomic E-state index is 2.49. The summed E-state index contributed by atoms with van der Waals surface area (Å²) < 4.78 is 5.17. The lowest BCUT2D eigenvalue weighted by molar-refractivity contribution is 1.13. The van der Waals surface area contributed by atoms with E-state index in [1.165, 1.54) is 75.7 Å². The molecule has 10 aromatic rings. The van der Waals surface area contributed by atoms with Gasteiger partial charge in [-0.3, -0.25) is 0 Å². The fraction of sp³-hybridized carbons (Fsp3) is 0. The van der Waals surface area contributed by atoms with E-state index >= 15 is 0 Å². The van der Waals surface area contributed by atoms with Crippen LogP contribution in [-0.4, -0.2) is 4.57 Å². The van der Waals surface area contributed by atoms with E-state index in [9.17, 15) is 0 Å². The Morgan fingerprint density at radius 3 is 1.51 bits per heavy atom. The summed E-state index contributed by atoms with van der Waals surface area (Å²) in [5.41, 5.74) is 15.7. The molecule has 0 saturated heterocycles. The average Bonchev–Trinajstić information content (AvgIpc) is 3.75. The highest BCUT2D eigenvalue weighted by molar-refractivity contribution is 7.26. The van der Waals surface area contributed by atoms with Crippen LogP contribution >= 0.6 is 11.3 Å². The molecular weight excluding hydrogens is 661 g/mol. The van der Waals surface area contributed by atoms with Gasteiger partial charge < -0.3 is 9.47 Å². The number of rotatable bonds is 6. The molecule has 0 bridgehead atoms. The van der Waals surface area contributed by atoms with E-state index in [2.05, 4.69) is 204 Å². The third-order valence-electron chi connectivity index (χ3n) is 10.7. The Hall–Kier alpha value is -6.68. The van der Waals surface area contributed by atoms with E-state index in [0.29, 0.717) is 0 Å². The smallest absolute Gasteiger partial charge is 0.0619 e. The zero-order chi connectivity index (χ0) is 34.9. The van der Waals surface area contributed by atoms with Crippen molar-refractivity contribution in [2.24, 2.45) is 0 Å². The van der Waals surface area contributed by atoms with Crippen molar-refractivity contribution in [2.75, 3.05) is 4.90 Å². The predicted octanol–water partition coefficient (Wildman–Crippen LogP) is 14.4. The first-order valence-electron chi connectivity index (χ1n) is 18.1. The van der Waals surface area contributed by atoms with Crippen molar-refractivity contribution < 1.29 is 0 Å². The van der Waals surface area contributed by atoms with Gasteiger partial charge in [-0.15, -0.1) is 11.3 Å². The van der Waals surface area contributed by atoms with E-state index in [1.807, 2.05) is 11.3 Å². The van der Waals surface area contributed by atoms with Crippen molar-refractivity contribution in [1.29, 1.82) is 0 Å². The lowest BCUT2D eigenvalue weighted by Gasteiger charge is -2.26. The minimum Gasteiger partial charge on any atom is -0.311 e. The monoisotopic (exact) mass is 692 g/mol. The number of hydrogen-bond donors (Lipinski definition) is 0. The highest BCUT2D eigenvalue weighted by Crippen LogP contribution is 2.54. The molecule has 0 fully saturated rings. The molecule has 1 aliphatic carbocycles. The van der Waals surface area contributed by atoms with Crippen molar-refractivity contribution in [3.63, 3.8) is 0 Å². The summed E-state index contributed by atoms with van der Waals surface area (Å²) in [6.07, 6.45) is 0. The maximum absolute atomic E-state index is 2.49. The van der Waals surface area contributed by atoms with Crippen LogP contribution in [0.25, 0.3) is 81.4 Å². The summed E-state index contributed by atoms with van der Waals surface area (Å²) in [6.45, 7) is 0. The fourth-order valence-corrected chi connectivity index (χ4v) is 9.63. The second kappa shape index (κ2) is 11.9. The maximum Gasteiger partial charge on any atom is 0.0619 e. The Bertz CT molecular complexity index is 2960. The van der Waals surface area contributed by atoms with Crippen LogP contribution in [0.15, 0.2) is 194 Å². The largest absolute Gasteiger partial charge is 0.311 e. The Morgan fingerprint density at radius 1 is 0.358 bits per heavy atom. The summed E-state index contributed by atoms with van der Waals surface area (Å²) in [7, 11) is 0. The van der Waals surface area contributed by atoms with Gasteiger partial charge in [-0.25, -0.2) is 0 Å². The van der Waals surface area contributed by atoms with E-state index in [-0.39, 0.29) is 0 Å². The lowest BCUT2D eigenvalue weighted by atomic mass is 9.95. The van der Waals surface area contributed by atoms with E-state index < -0.39 is 0 Å². The van der Waals surface area contributed by atoms with Gasteiger partial charge in [-0.1, -0.05) is 127 Å². The highest BCUT2D eigenvalue weighted by Gasteiger charge is 2.29. The highest BCUT2D eigenvalue weighted by atomic mass is 32.1. The molecule has 0 amide bonds. The molecule has 53 heavy (non-hydrogen) atoms. The molecular formula is C50H32N2S. The summed E-state index contributed by atoms with van der Waals surface area (Å²) in [5, 5.41) is 4.04. The van der Waals surface area contributed by atoms with Crippen LogP contribution in [0.2, 0.25) is 0 Å². The van der Waals surface area contributed by atoms with Gasteiger partial charge in [0.25, 0.3) is 0 Å². The average molecular weight is 693 g/mol. The van der Waals surface area contributed by atoms with Gasteiger partial charge in [0.15, 0.2) is 0 Å². The Morgan fingerprint density at radius 2 is 0.849 bits per heavy atom. The summed E-state index contributed by atoms with van der Waals surface area (Å²) in [4.78, 5) is 2.34. The van der Waals surface area contributed by atoms with Crippen LogP contribution in [0.4, 0.5) is 17.1 Å². The van der Waals surface area contributed by atoms with Crippen LogP contribution in [0.5, 0.6) is 0 Å². The first-order chi connectivity index (χ1) is 26.3. The van der Waals surface area contributed by atoms with Crippen molar-refractivity contribution in [3.05, 3.63) is 194 Å². The number of hydrogen-bond acceptors (Lipinski definition) is 2. The van der Waals surface area contributed by atoms with Crippen LogP contribution in [0.3, 0.4) is 0 Å². The molecule has 8 aromatic carbocycles. The molecule has 2 nitrogen and oxygen atoms in total. The van der Waals surface area contributed by atoms with Crippen molar-refractivity contribution >= 4 is 59.5 Å². The van der Waals surface area contributed by atoms with Gasteiger partial charge >= 0.3 is 0 Å². The van der Waals surface area contributed by atoms with Crippen LogP contribution in [-0.2, 0) is 0 Å². The second-order valence-electron chi connectivity index (χ2n) is 13.7. The Kier molecular flexibility index (Phi) is 6.76. The Balaban J connectivity index is 1.12. The zero-order valence-corrected chi connectivity index (χ0v) is 29.6. The number of para-hydroxylation sites is 1. The molecule has 0 N–H and O–H groups in total. The van der Waals surface area contributed by atoms with Crippen molar-refractivity contribution in [1.82, 2.24) is 4.57 Å². The minimum atomic E-state index is 1.10. The topological polar surface area (TPSA) is 8.17 Å². The summed E-state index contributed by atoms with van der Waals surface area (Å²) >= 11 is 1.90. The second-order valence-corrected chi connectivity index (χ2v) is 14.8. The molecule has 3 heteroatoms.